The van der Waals surface area contributed by atoms with Crippen LogP contribution in [-0.2, 0) is 23.8 Å². The second kappa shape index (κ2) is 9.73. The summed E-state index contributed by atoms with van der Waals surface area (Å²) in [4.78, 5) is 21.3. The highest BCUT2D eigenvalue weighted by molar-refractivity contribution is 9.46. The molecule has 100 valence electrons. The fourth-order valence-electron chi connectivity index (χ4n) is 1.51. The number of carbonyl (C=O) groups excluding carboxylic acids is 2. The molecule has 7 heteroatoms. The van der Waals surface area contributed by atoms with Crippen molar-refractivity contribution in [2.24, 2.45) is 0 Å². The van der Waals surface area contributed by atoms with E-state index in [1.165, 1.54) is 13.8 Å². The monoisotopic (exact) mass is 328 g/mol. The fraction of sp³-hybridized carbons (Fsp3) is 0.800. The summed E-state index contributed by atoms with van der Waals surface area (Å²) in [5, 5.41) is 0. The SMILES string of the molecule is CC(=O)OCC1CC(OC(C)=O)CCO1.SBr. The second-order valence-electron chi connectivity index (χ2n) is 3.55. The van der Waals surface area contributed by atoms with E-state index in [0.717, 1.165) is 0 Å². The maximum Gasteiger partial charge on any atom is 0.302 e. The predicted octanol–water partition coefficient (Wildman–Crippen LogP) is 1.89. The number of hydrogen-bond acceptors (Lipinski definition) is 6. The van der Waals surface area contributed by atoms with Crippen molar-refractivity contribution in [3.8, 4) is 0 Å². The number of hydrogen-bond donors (Lipinski definition) is 1. The lowest BCUT2D eigenvalue weighted by atomic mass is 10.1. The van der Waals surface area contributed by atoms with Crippen LogP contribution < -0.4 is 0 Å². The van der Waals surface area contributed by atoms with Crippen LogP contribution in [0.1, 0.15) is 26.7 Å². The summed E-state index contributed by atoms with van der Waals surface area (Å²) in [6.45, 7) is 3.50. The van der Waals surface area contributed by atoms with Gasteiger partial charge in [0.15, 0.2) is 0 Å². The Morgan fingerprint density at radius 3 is 2.53 bits per heavy atom. The van der Waals surface area contributed by atoms with Gasteiger partial charge in [-0.15, -0.1) is 11.1 Å². The van der Waals surface area contributed by atoms with E-state index >= 15 is 0 Å². The van der Waals surface area contributed by atoms with E-state index < -0.39 is 0 Å². The van der Waals surface area contributed by atoms with Crippen LogP contribution in [0.25, 0.3) is 0 Å². The van der Waals surface area contributed by atoms with Crippen LogP contribution in [0.5, 0.6) is 0 Å². The number of thiol groups is 1. The molecule has 0 bridgehead atoms. The lowest BCUT2D eigenvalue weighted by molar-refractivity contribution is -0.160. The molecule has 2 atom stereocenters. The van der Waals surface area contributed by atoms with Crippen molar-refractivity contribution in [2.75, 3.05) is 13.2 Å². The minimum atomic E-state index is -0.326. The Hall–Kier alpha value is -0.270. The lowest BCUT2D eigenvalue weighted by Gasteiger charge is -2.28. The number of esters is 2. The van der Waals surface area contributed by atoms with Crippen molar-refractivity contribution < 1.29 is 23.8 Å². The quantitative estimate of drug-likeness (QED) is 0.633. The molecule has 0 aromatic rings. The molecule has 17 heavy (non-hydrogen) atoms. The molecule has 0 radical (unpaired) electrons. The zero-order chi connectivity index (χ0) is 13.3. The third kappa shape index (κ3) is 8.45. The van der Waals surface area contributed by atoms with Crippen LogP contribution in [0, 0.1) is 0 Å². The third-order valence-corrected chi connectivity index (χ3v) is 2.12. The minimum absolute atomic E-state index is 0.114. The molecule has 1 rings (SSSR count). The highest BCUT2D eigenvalue weighted by atomic mass is 79.9. The molecule has 1 fully saturated rings. The fourth-order valence-corrected chi connectivity index (χ4v) is 1.51. The van der Waals surface area contributed by atoms with Crippen LogP contribution in [0.2, 0.25) is 0 Å². The Kier molecular flexibility index (Phi) is 9.57. The molecule has 0 spiro atoms. The Balaban J connectivity index is 0.00000121. The summed E-state index contributed by atoms with van der Waals surface area (Å²) < 4.78 is 15.3. The van der Waals surface area contributed by atoms with Gasteiger partial charge in [-0.25, -0.2) is 0 Å². The first kappa shape index (κ1) is 16.7. The van der Waals surface area contributed by atoms with Gasteiger partial charge in [-0.3, -0.25) is 9.59 Å². The molecule has 0 N–H and O–H groups in total. The average molecular weight is 329 g/mol. The van der Waals surface area contributed by atoms with Crippen molar-refractivity contribution >= 4 is 37.8 Å². The van der Waals surface area contributed by atoms with Gasteiger partial charge in [0.05, 0.1) is 12.7 Å². The standard InChI is InChI=1S/C10H16O5.BrHS/c1-7(11)14-6-10-5-9(3-4-13-10)15-8(2)12;1-2/h9-10H,3-6H2,1-2H3;2H. The lowest BCUT2D eigenvalue weighted by Crippen LogP contribution is -2.35. The molecule has 2 unspecified atom stereocenters. The molecule has 1 heterocycles. The smallest absolute Gasteiger partial charge is 0.302 e. The molecule has 5 nitrogen and oxygen atoms in total. The zero-order valence-electron chi connectivity index (χ0n) is 9.85. The molecule has 0 aromatic heterocycles. The van der Waals surface area contributed by atoms with Crippen LogP contribution in [0.4, 0.5) is 0 Å². The predicted molar refractivity (Wildman–Crippen MR) is 69.1 cm³/mol. The van der Waals surface area contributed by atoms with E-state index in [4.69, 9.17) is 14.2 Å². The van der Waals surface area contributed by atoms with Gasteiger partial charge in [-0.1, -0.05) is 0 Å². The first-order valence-corrected chi connectivity index (χ1v) is 7.63. The van der Waals surface area contributed by atoms with Crippen molar-refractivity contribution in [3.63, 3.8) is 0 Å². The van der Waals surface area contributed by atoms with Crippen molar-refractivity contribution in [3.05, 3.63) is 0 Å². The second-order valence-corrected chi connectivity index (χ2v) is 3.55. The Morgan fingerprint density at radius 1 is 1.35 bits per heavy atom. The summed E-state index contributed by atoms with van der Waals surface area (Å²) in [5.74, 6) is -0.610. The van der Waals surface area contributed by atoms with Crippen molar-refractivity contribution in [1.82, 2.24) is 0 Å². The molecule has 0 saturated carbocycles. The Labute approximate surface area is 114 Å². The van der Waals surface area contributed by atoms with E-state index in [0.29, 0.717) is 19.4 Å². The van der Waals surface area contributed by atoms with Crippen LogP contribution in [-0.4, -0.2) is 37.4 Å². The maximum absolute atomic E-state index is 10.7. The van der Waals surface area contributed by atoms with Crippen LogP contribution >= 0.6 is 25.9 Å². The van der Waals surface area contributed by atoms with Crippen LogP contribution in [0.15, 0.2) is 0 Å². The first-order chi connectivity index (χ1) is 8.08. The maximum atomic E-state index is 10.7. The van der Waals surface area contributed by atoms with Gasteiger partial charge in [-0.05, 0) is 14.8 Å². The average Bonchev–Trinajstić information content (AvgIpc) is 2.29. The van der Waals surface area contributed by atoms with Gasteiger partial charge in [0.25, 0.3) is 0 Å². The molecule has 0 amide bonds. The van der Waals surface area contributed by atoms with Gasteiger partial charge < -0.3 is 14.2 Å². The number of halogens is 1. The molecule has 0 aromatic carbocycles. The van der Waals surface area contributed by atoms with E-state index in [-0.39, 0.29) is 30.8 Å². The first-order valence-electron chi connectivity index (χ1n) is 5.17. The highest BCUT2D eigenvalue weighted by Crippen LogP contribution is 2.17. The number of rotatable bonds is 3. The van der Waals surface area contributed by atoms with Crippen molar-refractivity contribution in [2.45, 2.75) is 38.9 Å². The number of carbonyl (C=O) groups is 2. The van der Waals surface area contributed by atoms with Gasteiger partial charge >= 0.3 is 11.9 Å². The summed E-state index contributed by atoms with van der Waals surface area (Å²) in [6.07, 6.45) is 1.02. The Bertz CT molecular complexity index is 249. The van der Waals surface area contributed by atoms with Crippen LogP contribution in [0.3, 0.4) is 0 Å². The third-order valence-electron chi connectivity index (χ3n) is 2.12. The zero-order valence-corrected chi connectivity index (χ0v) is 12.3. The largest absolute Gasteiger partial charge is 0.463 e. The highest BCUT2D eigenvalue weighted by Gasteiger charge is 2.25. The van der Waals surface area contributed by atoms with E-state index in [1.54, 1.807) is 0 Å². The normalized spacial score (nSPS) is 23.1. The topological polar surface area (TPSA) is 61.8 Å². The van der Waals surface area contributed by atoms with Crippen molar-refractivity contribution in [1.29, 1.82) is 0 Å². The molecular weight excluding hydrogens is 312 g/mol. The molecule has 1 aliphatic heterocycles. The van der Waals surface area contributed by atoms with Gasteiger partial charge in [0.2, 0.25) is 0 Å². The van der Waals surface area contributed by atoms with E-state index in [1.807, 2.05) is 0 Å². The molecule has 1 aliphatic rings. The molecule has 0 aliphatic carbocycles. The molecular formula is C10H17BrO5S. The summed E-state index contributed by atoms with van der Waals surface area (Å²) in [7, 11) is 0. The Morgan fingerprint density at radius 2 is 2.00 bits per heavy atom. The molecule has 1 saturated heterocycles. The number of ether oxygens (including phenoxy) is 3. The van der Waals surface area contributed by atoms with Gasteiger partial charge in [0.1, 0.15) is 12.7 Å². The minimum Gasteiger partial charge on any atom is -0.463 e. The van der Waals surface area contributed by atoms with Gasteiger partial charge in [0, 0.05) is 26.7 Å². The van der Waals surface area contributed by atoms with Gasteiger partial charge in [-0.2, -0.15) is 0 Å². The van der Waals surface area contributed by atoms with E-state index in [9.17, 15) is 9.59 Å². The summed E-state index contributed by atoms with van der Waals surface area (Å²) >= 11 is 5.97. The summed E-state index contributed by atoms with van der Waals surface area (Å²) in [5.41, 5.74) is 0. The summed E-state index contributed by atoms with van der Waals surface area (Å²) in [6, 6.07) is 0. The van der Waals surface area contributed by atoms with E-state index in [2.05, 4.69) is 25.9 Å².